The van der Waals surface area contributed by atoms with Crippen LogP contribution in [0.5, 0.6) is 5.75 Å². The second kappa shape index (κ2) is 4.87. The molecule has 0 aliphatic rings. The van der Waals surface area contributed by atoms with E-state index in [0.29, 0.717) is 0 Å². The van der Waals surface area contributed by atoms with Crippen LogP contribution in [0.1, 0.15) is 19.4 Å². The van der Waals surface area contributed by atoms with Crippen LogP contribution in [0.4, 0.5) is 0 Å². The Morgan fingerprint density at radius 3 is 2.62 bits per heavy atom. The first-order valence-corrected chi connectivity index (χ1v) is 4.54. The molecular weight excluding hydrogens is 162 g/mol. The van der Waals surface area contributed by atoms with Crippen LogP contribution in [0, 0.1) is 0 Å². The average Bonchev–Trinajstić information content (AvgIpc) is 2.08. The van der Waals surface area contributed by atoms with Gasteiger partial charge < -0.3 is 10.1 Å². The first-order chi connectivity index (χ1) is 6.24. The van der Waals surface area contributed by atoms with Crippen molar-refractivity contribution in [2.45, 2.75) is 26.5 Å². The quantitative estimate of drug-likeness (QED) is 0.695. The molecule has 0 spiro atoms. The van der Waals surface area contributed by atoms with Crippen LogP contribution in [0.25, 0.3) is 5.32 Å². The van der Waals surface area contributed by atoms with E-state index in [1.54, 1.807) is 0 Å². The maximum absolute atomic E-state index is 5.64. The molecule has 0 saturated carbocycles. The Balaban J connectivity index is 2.78. The van der Waals surface area contributed by atoms with Crippen LogP contribution < -0.4 is 4.74 Å². The molecule has 0 heterocycles. The smallest absolute Gasteiger partial charge is 0.121 e. The molecule has 0 bridgehead atoms. The third-order valence-corrected chi connectivity index (χ3v) is 1.66. The van der Waals surface area contributed by atoms with Crippen molar-refractivity contribution in [3.05, 3.63) is 35.1 Å². The molecule has 0 aromatic heterocycles. The molecule has 72 valence electrons. The van der Waals surface area contributed by atoms with Crippen molar-refractivity contribution >= 4 is 0 Å². The zero-order chi connectivity index (χ0) is 9.68. The highest BCUT2D eigenvalue weighted by atomic mass is 16.5. The molecule has 0 atom stereocenters. The van der Waals surface area contributed by atoms with Crippen LogP contribution >= 0.6 is 0 Å². The fraction of sp³-hybridized carbons (Fsp3) is 0.455. The van der Waals surface area contributed by atoms with Gasteiger partial charge in [0.15, 0.2) is 0 Å². The molecule has 13 heavy (non-hydrogen) atoms. The highest BCUT2D eigenvalue weighted by Gasteiger charge is 2.00. The number of benzene rings is 1. The topological polar surface area (TPSA) is 23.3 Å². The SMILES string of the molecule is C[N-]Cc1ccccc1OC(C)C. The van der Waals surface area contributed by atoms with Gasteiger partial charge in [-0.2, -0.15) is 7.05 Å². The second-order valence-corrected chi connectivity index (χ2v) is 3.25. The van der Waals surface area contributed by atoms with Crippen molar-refractivity contribution in [3.8, 4) is 5.75 Å². The van der Waals surface area contributed by atoms with E-state index in [-0.39, 0.29) is 6.10 Å². The van der Waals surface area contributed by atoms with Crippen LogP contribution in [-0.2, 0) is 6.54 Å². The molecule has 0 N–H and O–H groups in total. The van der Waals surface area contributed by atoms with Gasteiger partial charge in [-0.3, -0.25) is 0 Å². The Kier molecular flexibility index (Phi) is 3.77. The van der Waals surface area contributed by atoms with E-state index in [2.05, 4.69) is 5.32 Å². The molecule has 2 nitrogen and oxygen atoms in total. The fourth-order valence-electron chi connectivity index (χ4n) is 1.17. The minimum absolute atomic E-state index is 0.220. The summed E-state index contributed by atoms with van der Waals surface area (Å²) >= 11 is 0. The van der Waals surface area contributed by atoms with Gasteiger partial charge in [-0.15, -0.1) is 6.54 Å². The Morgan fingerprint density at radius 1 is 1.31 bits per heavy atom. The molecule has 1 aromatic carbocycles. The third kappa shape index (κ3) is 3.07. The van der Waals surface area contributed by atoms with Gasteiger partial charge in [0, 0.05) is 0 Å². The summed E-state index contributed by atoms with van der Waals surface area (Å²) in [6.45, 7) is 4.78. The Morgan fingerprint density at radius 2 is 2.00 bits per heavy atom. The predicted octanol–water partition coefficient (Wildman–Crippen LogP) is 2.98. The van der Waals surface area contributed by atoms with Gasteiger partial charge in [-0.1, -0.05) is 18.2 Å². The van der Waals surface area contributed by atoms with Crippen LogP contribution in [0.2, 0.25) is 0 Å². The number of hydrogen-bond acceptors (Lipinski definition) is 1. The van der Waals surface area contributed by atoms with Crippen LogP contribution in [-0.4, -0.2) is 13.2 Å². The van der Waals surface area contributed by atoms with E-state index < -0.39 is 0 Å². The van der Waals surface area contributed by atoms with Gasteiger partial charge in [0.25, 0.3) is 0 Å². The molecule has 2 heteroatoms. The molecular formula is C11H16NO-. The average molecular weight is 178 g/mol. The molecule has 0 aliphatic heterocycles. The number of rotatable bonds is 4. The minimum Gasteiger partial charge on any atom is -0.661 e. The van der Waals surface area contributed by atoms with Crippen molar-refractivity contribution < 1.29 is 4.74 Å². The predicted molar refractivity (Wildman–Crippen MR) is 55.2 cm³/mol. The van der Waals surface area contributed by atoms with Crippen molar-refractivity contribution in [3.63, 3.8) is 0 Å². The van der Waals surface area contributed by atoms with Crippen molar-refractivity contribution in [2.24, 2.45) is 0 Å². The highest BCUT2D eigenvalue weighted by Crippen LogP contribution is 2.20. The normalized spacial score (nSPS) is 10.5. The van der Waals surface area contributed by atoms with E-state index in [1.807, 2.05) is 45.2 Å². The highest BCUT2D eigenvalue weighted by molar-refractivity contribution is 5.34. The molecule has 0 fully saturated rings. The summed E-state index contributed by atoms with van der Waals surface area (Å²) in [5.41, 5.74) is 1.15. The third-order valence-electron chi connectivity index (χ3n) is 1.66. The zero-order valence-electron chi connectivity index (χ0n) is 8.45. The summed E-state index contributed by atoms with van der Waals surface area (Å²) in [5, 5.41) is 4.09. The summed E-state index contributed by atoms with van der Waals surface area (Å²) in [6.07, 6.45) is 0.220. The number of ether oxygens (including phenoxy) is 1. The number of para-hydroxylation sites is 1. The maximum Gasteiger partial charge on any atom is 0.121 e. The number of nitrogens with zero attached hydrogens (tertiary/aromatic N) is 1. The molecule has 1 rings (SSSR count). The molecule has 0 amide bonds. The first kappa shape index (κ1) is 10.1. The van der Waals surface area contributed by atoms with E-state index in [4.69, 9.17) is 4.74 Å². The monoisotopic (exact) mass is 178 g/mol. The summed E-state index contributed by atoms with van der Waals surface area (Å²) in [4.78, 5) is 0. The minimum atomic E-state index is 0.220. The Labute approximate surface area is 79.9 Å². The summed E-state index contributed by atoms with van der Waals surface area (Å²) < 4.78 is 5.64. The van der Waals surface area contributed by atoms with Gasteiger partial charge in [0.05, 0.1) is 6.10 Å². The van der Waals surface area contributed by atoms with E-state index in [0.717, 1.165) is 17.9 Å². The van der Waals surface area contributed by atoms with Crippen LogP contribution in [0.3, 0.4) is 0 Å². The molecule has 0 saturated heterocycles. The Hall–Kier alpha value is -1.02. The number of hydrogen-bond donors (Lipinski definition) is 0. The van der Waals surface area contributed by atoms with Gasteiger partial charge >= 0.3 is 0 Å². The maximum atomic E-state index is 5.64. The van der Waals surface area contributed by atoms with Crippen molar-refractivity contribution in [1.29, 1.82) is 0 Å². The second-order valence-electron chi connectivity index (χ2n) is 3.25. The van der Waals surface area contributed by atoms with E-state index >= 15 is 0 Å². The fourth-order valence-corrected chi connectivity index (χ4v) is 1.17. The van der Waals surface area contributed by atoms with Gasteiger partial charge in [0.1, 0.15) is 5.75 Å². The van der Waals surface area contributed by atoms with Crippen molar-refractivity contribution in [1.82, 2.24) is 0 Å². The lowest BCUT2D eigenvalue weighted by atomic mass is 10.2. The standard InChI is InChI=1S/C11H16NO/c1-9(2)13-11-7-5-4-6-10(11)8-12-3/h4-7,9H,8H2,1-3H3/q-1. The van der Waals surface area contributed by atoms with Gasteiger partial charge in [-0.25, -0.2) is 0 Å². The lowest BCUT2D eigenvalue weighted by Gasteiger charge is -2.18. The first-order valence-electron chi connectivity index (χ1n) is 4.54. The van der Waals surface area contributed by atoms with Gasteiger partial charge in [-0.05, 0) is 25.5 Å². The Bertz CT molecular complexity index is 258. The molecule has 0 aliphatic carbocycles. The largest absolute Gasteiger partial charge is 0.661 e. The molecule has 0 unspecified atom stereocenters. The zero-order valence-corrected chi connectivity index (χ0v) is 8.45. The summed E-state index contributed by atoms with van der Waals surface area (Å²) in [5.74, 6) is 0.947. The summed E-state index contributed by atoms with van der Waals surface area (Å²) in [7, 11) is 1.81. The van der Waals surface area contributed by atoms with Gasteiger partial charge in [0.2, 0.25) is 0 Å². The summed E-state index contributed by atoms with van der Waals surface area (Å²) in [6, 6.07) is 8.02. The van der Waals surface area contributed by atoms with E-state index in [9.17, 15) is 0 Å². The van der Waals surface area contributed by atoms with Crippen LogP contribution in [0.15, 0.2) is 24.3 Å². The van der Waals surface area contributed by atoms with Crippen molar-refractivity contribution in [2.75, 3.05) is 7.05 Å². The molecule has 1 aromatic rings. The lowest BCUT2D eigenvalue weighted by Crippen LogP contribution is -2.07. The molecule has 0 radical (unpaired) electrons. The lowest BCUT2D eigenvalue weighted by molar-refractivity contribution is 0.240. The van der Waals surface area contributed by atoms with E-state index in [1.165, 1.54) is 0 Å².